The largest absolute Gasteiger partial charge is 0.507 e. The van der Waals surface area contributed by atoms with Gasteiger partial charge in [0.25, 0.3) is 0 Å². The first-order chi connectivity index (χ1) is 14.6. The summed E-state index contributed by atoms with van der Waals surface area (Å²) in [5.74, 6) is -0.00995. The average molecular weight is 427 g/mol. The smallest absolute Gasteiger partial charge is 0.206 e. The van der Waals surface area contributed by atoms with Gasteiger partial charge in [-0.25, -0.2) is 0 Å². The van der Waals surface area contributed by atoms with E-state index in [1.165, 1.54) is 17.4 Å². The second-order valence-electron chi connectivity index (χ2n) is 6.93. The first-order valence-electron chi connectivity index (χ1n) is 10.00. The van der Waals surface area contributed by atoms with Crippen LogP contribution in [0.4, 0.5) is 0 Å². The summed E-state index contributed by atoms with van der Waals surface area (Å²) in [4.78, 5) is 14.4. The van der Waals surface area contributed by atoms with Gasteiger partial charge in [-0.1, -0.05) is 43.7 Å². The summed E-state index contributed by atoms with van der Waals surface area (Å²) in [6.07, 6.45) is 1.23. The minimum Gasteiger partial charge on any atom is -0.507 e. The van der Waals surface area contributed by atoms with E-state index in [0.717, 1.165) is 23.3 Å². The van der Waals surface area contributed by atoms with Gasteiger partial charge in [-0.15, -0.1) is 11.3 Å². The summed E-state index contributed by atoms with van der Waals surface area (Å²) in [7, 11) is 0. The number of ketones is 1. The SMILES string of the molecule is CCCCOCC(O)COc1ccc(C(=O)c2ccc(-c3ccccc3)s2)c(O)c1. The highest BCUT2D eigenvalue weighted by Gasteiger charge is 2.17. The van der Waals surface area contributed by atoms with E-state index in [-0.39, 0.29) is 30.3 Å². The number of phenolic OH excluding ortho intramolecular Hbond substituents is 1. The molecule has 5 nitrogen and oxygen atoms in total. The third kappa shape index (κ3) is 5.92. The van der Waals surface area contributed by atoms with E-state index in [1.54, 1.807) is 18.2 Å². The van der Waals surface area contributed by atoms with E-state index in [9.17, 15) is 15.0 Å². The predicted molar refractivity (Wildman–Crippen MR) is 119 cm³/mol. The number of benzene rings is 2. The maximum absolute atomic E-state index is 12.8. The highest BCUT2D eigenvalue weighted by molar-refractivity contribution is 7.17. The molecule has 1 unspecified atom stereocenters. The zero-order valence-corrected chi connectivity index (χ0v) is 17.7. The fourth-order valence-electron chi connectivity index (χ4n) is 2.85. The average Bonchev–Trinajstić information content (AvgIpc) is 3.26. The Morgan fingerprint density at radius 2 is 1.87 bits per heavy atom. The zero-order valence-electron chi connectivity index (χ0n) is 16.9. The van der Waals surface area contributed by atoms with Crippen LogP contribution in [0.5, 0.6) is 11.5 Å². The first-order valence-corrected chi connectivity index (χ1v) is 10.8. The van der Waals surface area contributed by atoms with Crippen molar-refractivity contribution < 1.29 is 24.5 Å². The molecule has 6 heteroatoms. The Bertz CT molecular complexity index is 951. The quantitative estimate of drug-likeness (QED) is 0.337. The molecule has 1 heterocycles. The monoisotopic (exact) mass is 426 g/mol. The minimum absolute atomic E-state index is 0.0459. The second-order valence-corrected chi connectivity index (χ2v) is 8.02. The van der Waals surface area contributed by atoms with E-state index < -0.39 is 6.10 Å². The maximum atomic E-state index is 12.8. The molecule has 2 N–H and O–H groups in total. The molecule has 3 aromatic rings. The Morgan fingerprint density at radius 1 is 1.07 bits per heavy atom. The fraction of sp³-hybridized carbons (Fsp3) is 0.292. The molecule has 1 aromatic heterocycles. The molecule has 0 bridgehead atoms. The number of phenols is 1. The molecule has 30 heavy (non-hydrogen) atoms. The van der Waals surface area contributed by atoms with Crippen LogP contribution in [0.3, 0.4) is 0 Å². The third-order valence-corrected chi connectivity index (χ3v) is 5.63. The number of hydrogen-bond acceptors (Lipinski definition) is 6. The van der Waals surface area contributed by atoms with Crippen LogP contribution in [0, 0.1) is 0 Å². The summed E-state index contributed by atoms with van der Waals surface area (Å²) in [5.41, 5.74) is 1.26. The summed E-state index contributed by atoms with van der Waals surface area (Å²) >= 11 is 1.39. The molecular formula is C24H26O5S. The molecule has 0 fully saturated rings. The molecule has 158 valence electrons. The van der Waals surface area contributed by atoms with Crippen molar-refractivity contribution in [1.29, 1.82) is 0 Å². The number of carbonyl (C=O) groups is 1. The number of aromatic hydroxyl groups is 1. The fourth-order valence-corrected chi connectivity index (χ4v) is 3.82. The van der Waals surface area contributed by atoms with Gasteiger partial charge in [-0.2, -0.15) is 0 Å². The standard InChI is InChI=1S/C24H26O5S/c1-2-3-13-28-15-18(25)16-29-19-9-10-20(21(26)14-19)24(27)23-12-11-22(30-23)17-7-5-4-6-8-17/h4-12,14,18,25-26H,2-3,13,15-16H2,1H3. The van der Waals surface area contributed by atoms with E-state index in [0.29, 0.717) is 17.2 Å². The second kappa shape index (κ2) is 10.9. The summed E-state index contributed by atoms with van der Waals surface area (Å²) in [6, 6.07) is 18.1. The van der Waals surface area contributed by atoms with Crippen molar-refractivity contribution in [2.24, 2.45) is 0 Å². The molecule has 0 aliphatic carbocycles. The molecule has 0 aliphatic heterocycles. The van der Waals surface area contributed by atoms with Gasteiger partial charge in [0, 0.05) is 17.6 Å². The van der Waals surface area contributed by atoms with Gasteiger partial charge < -0.3 is 19.7 Å². The van der Waals surface area contributed by atoms with Crippen LogP contribution in [0.2, 0.25) is 0 Å². The number of ether oxygens (including phenoxy) is 2. The number of rotatable bonds is 11. The van der Waals surface area contributed by atoms with Gasteiger partial charge in [0.1, 0.15) is 24.2 Å². The van der Waals surface area contributed by atoms with E-state index in [1.807, 2.05) is 36.4 Å². The van der Waals surface area contributed by atoms with Crippen LogP contribution < -0.4 is 4.74 Å². The van der Waals surface area contributed by atoms with E-state index >= 15 is 0 Å². The molecule has 0 spiro atoms. The topological polar surface area (TPSA) is 76.0 Å². The van der Waals surface area contributed by atoms with Crippen molar-refractivity contribution in [2.45, 2.75) is 25.9 Å². The van der Waals surface area contributed by atoms with Crippen molar-refractivity contribution in [1.82, 2.24) is 0 Å². The highest BCUT2D eigenvalue weighted by atomic mass is 32.1. The molecule has 0 amide bonds. The molecule has 0 saturated heterocycles. The van der Waals surface area contributed by atoms with Crippen LogP contribution in [0.15, 0.2) is 60.7 Å². The predicted octanol–water partition coefficient (Wildman–Crippen LogP) is 4.91. The Hall–Kier alpha value is -2.67. The van der Waals surface area contributed by atoms with Crippen LogP contribution in [0.1, 0.15) is 35.0 Å². The lowest BCUT2D eigenvalue weighted by atomic mass is 10.1. The van der Waals surface area contributed by atoms with Crippen molar-refractivity contribution in [3.8, 4) is 21.9 Å². The molecule has 2 aromatic carbocycles. The van der Waals surface area contributed by atoms with Crippen molar-refractivity contribution in [3.05, 3.63) is 71.1 Å². The Morgan fingerprint density at radius 3 is 2.60 bits per heavy atom. The number of unbranched alkanes of at least 4 members (excludes halogenated alkanes) is 1. The van der Waals surface area contributed by atoms with Gasteiger partial charge in [-0.3, -0.25) is 4.79 Å². The van der Waals surface area contributed by atoms with Crippen molar-refractivity contribution >= 4 is 17.1 Å². The first kappa shape index (κ1) is 22.0. The van der Waals surface area contributed by atoms with Gasteiger partial charge >= 0.3 is 0 Å². The van der Waals surface area contributed by atoms with Gasteiger partial charge in [0.2, 0.25) is 5.78 Å². The number of aliphatic hydroxyl groups excluding tert-OH is 1. The van der Waals surface area contributed by atoms with E-state index in [4.69, 9.17) is 9.47 Å². The number of thiophene rings is 1. The minimum atomic E-state index is -0.757. The Balaban J connectivity index is 1.60. The maximum Gasteiger partial charge on any atom is 0.206 e. The highest BCUT2D eigenvalue weighted by Crippen LogP contribution is 2.32. The lowest BCUT2D eigenvalue weighted by molar-refractivity contribution is 0.0113. The Kier molecular flexibility index (Phi) is 8.02. The third-order valence-electron chi connectivity index (χ3n) is 4.50. The van der Waals surface area contributed by atoms with Crippen LogP contribution in [-0.2, 0) is 4.74 Å². The van der Waals surface area contributed by atoms with Crippen LogP contribution in [-0.4, -0.2) is 41.9 Å². The number of carbonyl (C=O) groups excluding carboxylic acids is 1. The molecule has 1 atom stereocenters. The van der Waals surface area contributed by atoms with Crippen LogP contribution >= 0.6 is 11.3 Å². The summed E-state index contributed by atoms with van der Waals surface area (Å²) in [5, 5.41) is 20.2. The lowest BCUT2D eigenvalue weighted by Crippen LogP contribution is -2.23. The molecule has 0 saturated carbocycles. The Labute approximate surface area is 180 Å². The van der Waals surface area contributed by atoms with Crippen LogP contribution in [0.25, 0.3) is 10.4 Å². The van der Waals surface area contributed by atoms with Gasteiger partial charge in [-0.05, 0) is 36.2 Å². The van der Waals surface area contributed by atoms with Crippen molar-refractivity contribution in [3.63, 3.8) is 0 Å². The van der Waals surface area contributed by atoms with E-state index in [2.05, 4.69) is 6.92 Å². The molecular weight excluding hydrogens is 400 g/mol. The molecule has 0 radical (unpaired) electrons. The normalized spacial score (nSPS) is 11.9. The number of hydrogen-bond donors (Lipinski definition) is 2. The zero-order chi connectivity index (χ0) is 21.3. The molecule has 0 aliphatic rings. The summed E-state index contributed by atoms with van der Waals surface area (Å²) < 4.78 is 10.9. The van der Waals surface area contributed by atoms with Gasteiger partial charge in [0.15, 0.2) is 0 Å². The van der Waals surface area contributed by atoms with Gasteiger partial charge in [0.05, 0.1) is 17.0 Å². The van der Waals surface area contributed by atoms with Crippen molar-refractivity contribution in [2.75, 3.05) is 19.8 Å². The summed E-state index contributed by atoms with van der Waals surface area (Å²) in [6.45, 7) is 2.93. The molecule has 3 rings (SSSR count). The number of aliphatic hydroxyl groups is 1. The lowest BCUT2D eigenvalue weighted by Gasteiger charge is -2.13.